The summed E-state index contributed by atoms with van der Waals surface area (Å²) in [5.41, 5.74) is 3.88. The molecule has 2 N–H and O–H groups in total. The van der Waals surface area contributed by atoms with Crippen molar-refractivity contribution in [3.63, 3.8) is 0 Å². The normalized spacial score (nSPS) is 14.0. The average molecular weight is 465 g/mol. The second-order valence-electron chi connectivity index (χ2n) is 8.23. The third kappa shape index (κ3) is 5.26. The highest BCUT2D eigenvalue weighted by atomic mass is 16.5. The van der Waals surface area contributed by atoms with Crippen molar-refractivity contribution in [3.05, 3.63) is 48.2 Å². The van der Waals surface area contributed by atoms with Crippen molar-refractivity contribution in [3.8, 4) is 17.2 Å². The molecule has 0 bridgehead atoms. The molecule has 0 spiro atoms. The van der Waals surface area contributed by atoms with Crippen molar-refractivity contribution in [1.82, 2.24) is 14.9 Å². The lowest BCUT2D eigenvalue weighted by Gasteiger charge is -2.34. The molecule has 9 nitrogen and oxygen atoms in total. The van der Waals surface area contributed by atoms with Gasteiger partial charge in [-0.15, -0.1) is 0 Å². The van der Waals surface area contributed by atoms with E-state index in [0.717, 1.165) is 48.9 Å². The van der Waals surface area contributed by atoms with Crippen LogP contribution in [-0.4, -0.2) is 69.4 Å². The maximum Gasteiger partial charge on any atom is 0.229 e. The smallest absolute Gasteiger partial charge is 0.229 e. The number of aromatic nitrogens is 2. The van der Waals surface area contributed by atoms with Crippen molar-refractivity contribution < 1.29 is 14.2 Å². The number of piperazine rings is 1. The number of methoxy groups -OCH3 is 3. The molecule has 9 heteroatoms. The lowest BCUT2D eigenvalue weighted by Crippen LogP contribution is -2.44. The van der Waals surface area contributed by atoms with Gasteiger partial charge in [-0.25, -0.2) is 4.98 Å². The van der Waals surface area contributed by atoms with Gasteiger partial charge in [0.15, 0.2) is 11.5 Å². The van der Waals surface area contributed by atoms with E-state index in [1.807, 2.05) is 19.1 Å². The van der Waals surface area contributed by atoms with Gasteiger partial charge in [0.05, 0.1) is 21.3 Å². The molecule has 2 aromatic carbocycles. The van der Waals surface area contributed by atoms with E-state index in [-0.39, 0.29) is 0 Å². The first kappa shape index (κ1) is 23.4. The Morgan fingerprint density at radius 3 is 2.06 bits per heavy atom. The Labute approximate surface area is 200 Å². The Morgan fingerprint density at radius 2 is 1.47 bits per heavy atom. The molecule has 180 valence electrons. The first-order chi connectivity index (χ1) is 16.5. The summed E-state index contributed by atoms with van der Waals surface area (Å²) in [6.45, 7) is 6.24. The number of likely N-dealkylation sites (N-methyl/N-ethyl adjacent to an activating group) is 1. The molecule has 2 heterocycles. The van der Waals surface area contributed by atoms with E-state index in [0.29, 0.717) is 23.2 Å². The molecule has 3 aromatic rings. The van der Waals surface area contributed by atoms with Gasteiger partial charge < -0.3 is 34.6 Å². The second kappa shape index (κ2) is 10.5. The fourth-order valence-electron chi connectivity index (χ4n) is 3.87. The summed E-state index contributed by atoms with van der Waals surface area (Å²) in [5, 5.41) is 6.64. The highest BCUT2D eigenvalue weighted by Gasteiger charge is 2.15. The summed E-state index contributed by atoms with van der Waals surface area (Å²) in [4.78, 5) is 13.9. The zero-order valence-corrected chi connectivity index (χ0v) is 20.4. The standard InChI is InChI=1S/C25H32N6O3/c1-17-16-26-25(28-19-14-21(32-3)23(34-5)22(15-19)33-4)29-24(17)27-18-6-8-20(9-7-18)31-12-10-30(2)11-13-31/h6-9,14-16H,10-13H2,1-5H3,(H2,26,27,28,29). The molecule has 0 atom stereocenters. The van der Waals surface area contributed by atoms with Crippen LogP contribution in [0.25, 0.3) is 0 Å². The Bertz CT molecular complexity index is 1090. The Hall–Kier alpha value is -3.72. The minimum atomic E-state index is 0.455. The Kier molecular flexibility index (Phi) is 7.22. The second-order valence-corrected chi connectivity index (χ2v) is 8.23. The number of aryl methyl sites for hydroxylation is 1. The van der Waals surface area contributed by atoms with Crippen molar-refractivity contribution in [1.29, 1.82) is 0 Å². The van der Waals surface area contributed by atoms with Gasteiger partial charge >= 0.3 is 0 Å². The molecule has 1 fully saturated rings. The van der Waals surface area contributed by atoms with E-state index >= 15 is 0 Å². The van der Waals surface area contributed by atoms with Gasteiger partial charge in [-0.1, -0.05) is 0 Å². The summed E-state index contributed by atoms with van der Waals surface area (Å²) < 4.78 is 16.3. The number of rotatable bonds is 8. The van der Waals surface area contributed by atoms with Gasteiger partial charge in [-0.3, -0.25) is 0 Å². The molecule has 1 aromatic heterocycles. The lowest BCUT2D eigenvalue weighted by atomic mass is 10.2. The molecular weight excluding hydrogens is 432 g/mol. The van der Waals surface area contributed by atoms with Crippen LogP contribution in [-0.2, 0) is 0 Å². The minimum Gasteiger partial charge on any atom is -0.493 e. The number of benzene rings is 2. The number of hydrogen-bond acceptors (Lipinski definition) is 9. The summed E-state index contributed by atoms with van der Waals surface area (Å²) in [7, 11) is 6.91. The van der Waals surface area contributed by atoms with Crippen LogP contribution in [0.15, 0.2) is 42.6 Å². The number of hydrogen-bond donors (Lipinski definition) is 2. The maximum absolute atomic E-state index is 5.43. The molecule has 0 radical (unpaired) electrons. The van der Waals surface area contributed by atoms with Crippen LogP contribution in [0.2, 0.25) is 0 Å². The van der Waals surface area contributed by atoms with E-state index in [1.165, 1.54) is 5.69 Å². The number of ether oxygens (including phenoxy) is 3. The fourth-order valence-corrected chi connectivity index (χ4v) is 3.87. The van der Waals surface area contributed by atoms with Crippen molar-refractivity contribution in [2.24, 2.45) is 0 Å². The monoisotopic (exact) mass is 464 g/mol. The van der Waals surface area contributed by atoms with Gasteiger partial charge in [0, 0.05) is 67.1 Å². The molecule has 0 unspecified atom stereocenters. The molecule has 34 heavy (non-hydrogen) atoms. The highest BCUT2D eigenvalue weighted by Crippen LogP contribution is 2.40. The molecule has 0 saturated carbocycles. The van der Waals surface area contributed by atoms with Crippen LogP contribution < -0.4 is 29.7 Å². The van der Waals surface area contributed by atoms with Gasteiger partial charge in [-0.05, 0) is 38.2 Å². The summed E-state index contributed by atoms with van der Waals surface area (Å²) in [5.74, 6) is 2.82. The Morgan fingerprint density at radius 1 is 0.824 bits per heavy atom. The van der Waals surface area contributed by atoms with Gasteiger partial charge in [0.25, 0.3) is 0 Å². The van der Waals surface area contributed by atoms with Gasteiger partial charge in [0.2, 0.25) is 11.7 Å². The minimum absolute atomic E-state index is 0.455. The zero-order chi connectivity index (χ0) is 24.1. The van der Waals surface area contributed by atoms with Gasteiger partial charge in [-0.2, -0.15) is 4.98 Å². The van der Waals surface area contributed by atoms with Crippen LogP contribution in [0.3, 0.4) is 0 Å². The topological polar surface area (TPSA) is 84.0 Å². The molecule has 4 rings (SSSR count). The summed E-state index contributed by atoms with van der Waals surface area (Å²) in [6.07, 6.45) is 1.79. The maximum atomic E-state index is 5.43. The SMILES string of the molecule is COc1cc(Nc2ncc(C)c(Nc3ccc(N4CCN(C)CC4)cc3)n2)cc(OC)c1OC. The molecule has 0 aliphatic carbocycles. The molecular formula is C25H32N6O3. The largest absolute Gasteiger partial charge is 0.493 e. The Balaban J connectivity index is 1.49. The molecule has 1 aliphatic rings. The van der Waals surface area contributed by atoms with Crippen LogP contribution in [0.5, 0.6) is 17.2 Å². The van der Waals surface area contributed by atoms with Gasteiger partial charge in [0.1, 0.15) is 5.82 Å². The molecule has 0 amide bonds. The number of nitrogens with one attached hydrogen (secondary N) is 2. The molecule has 1 aliphatic heterocycles. The first-order valence-corrected chi connectivity index (χ1v) is 11.2. The number of anilines is 5. The molecule has 1 saturated heterocycles. The van der Waals surface area contributed by atoms with E-state index in [9.17, 15) is 0 Å². The van der Waals surface area contributed by atoms with Crippen LogP contribution >= 0.6 is 0 Å². The van der Waals surface area contributed by atoms with Crippen molar-refractivity contribution in [2.45, 2.75) is 6.92 Å². The predicted molar refractivity (Wildman–Crippen MR) is 136 cm³/mol. The van der Waals surface area contributed by atoms with E-state index in [1.54, 1.807) is 27.5 Å². The van der Waals surface area contributed by atoms with E-state index in [4.69, 9.17) is 14.2 Å². The third-order valence-corrected chi connectivity index (χ3v) is 5.89. The number of nitrogens with zero attached hydrogens (tertiary/aromatic N) is 4. The first-order valence-electron chi connectivity index (χ1n) is 11.2. The van der Waals surface area contributed by atoms with Crippen LogP contribution in [0.4, 0.5) is 28.8 Å². The third-order valence-electron chi connectivity index (χ3n) is 5.89. The predicted octanol–water partition coefficient (Wildman–Crippen LogP) is 4.05. The highest BCUT2D eigenvalue weighted by molar-refractivity contribution is 5.67. The average Bonchev–Trinajstić information content (AvgIpc) is 2.86. The zero-order valence-electron chi connectivity index (χ0n) is 20.4. The van der Waals surface area contributed by atoms with Crippen LogP contribution in [0.1, 0.15) is 5.56 Å². The fraction of sp³-hybridized carbons (Fsp3) is 0.360. The van der Waals surface area contributed by atoms with E-state index in [2.05, 4.69) is 61.7 Å². The van der Waals surface area contributed by atoms with Crippen molar-refractivity contribution >= 4 is 28.8 Å². The van der Waals surface area contributed by atoms with Crippen LogP contribution in [0, 0.1) is 6.92 Å². The van der Waals surface area contributed by atoms with Crippen molar-refractivity contribution in [2.75, 3.05) is 70.1 Å². The quantitative estimate of drug-likeness (QED) is 0.513. The lowest BCUT2D eigenvalue weighted by molar-refractivity contribution is 0.313. The summed E-state index contributed by atoms with van der Waals surface area (Å²) >= 11 is 0. The van der Waals surface area contributed by atoms with E-state index < -0.39 is 0 Å². The summed E-state index contributed by atoms with van der Waals surface area (Å²) in [6, 6.07) is 12.1.